The molecule has 0 aromatic heterocycles. The summed E-state index contributed by atoms with van der Waals surface area (Å²) in [4.78, 5) is 15.4. The Labute approximate surface area is 179 Å². The summed E-state index contributed by atoms with van der Waals surface area (Å²) in [5, 5.41) is 6.55. The summed E-state index contributed by atoms with van der Waals surface area (Å²) in [5.41, 5.74) is 6.11. The molecule has 0 radical (unpaired) electrons. The average molecular weight is 492 g/mol. The molecule has 1 aromatic carbocycles. The van der Waals surface area contributed by atoms with Crippen molar-refractivity contribution in [2.45, 2.75) is 40.3 Å². The third-order valence-electron chi connectivity index (χ3n) is 3.75. The first-order valence-electron chi connectivity index (χ1n) is 8.81. The lowest BCUT2D eigenvalue weighted by atomic mass is 9.89. The SMILES string of the molecule is CCNC(=NCc1cccc(OCC(N)=O)c1)NCC(OC)C(C)(C)C.I. The number of hydrogen-bond donors (Lipinski definition) is 3. The summed E-state index contributed by atoms with van der Waals surface area (Å²) in [5.74, 6) is 0.822. The molecular formula is C19H33IN4O3. The second-order valence-corrected chi connectivity index (χ2v) is 7.07. The van der Waals surface area contributed by atoms with Crippen molar-refractivity contribution in [2.75, 3.05) is 26.8 Å². The number of guanidine groups is 1. The fourth-order valence-corrected chi connectivity index (χ4v) is 2.33. The lowest BCUT2D eigenvalue weighted by Crippen LogP contribution is -2.45. The highest BCUT2D eigenvalue weighted by molar-refractivity contribution is 14.0. The Bertz CT molecular complexity index is 603. The van der Waals surface area contributed by atoms with Crippen molar-refractivity contribution in [3.8, 4) is 5.75 Å². The molecular weight excluding hydrogens is 459 g/mol. The number of primary amides is 1. The Morgan fingerprint density at radius 2 is 2.00 bits per heavy atom. The van der Waals surface area contributed by atoms with Crippen LogP contribution in [0.2, 0.25) is 0 Å². The quantitative estimate of drug-likeness (QED) is 0.279. The molecule has 0 aliphatic rings. The molecule has 7 nitrogen and oxygen atoms in total. The van der Waals surface area contributed by atoms with Crippen LogP contribution in [0.15, 0.2) is 29.3 Å². The number of nitrogens with one attached hydrogen (secondary N) is 2. The Morgan fingerprint density at radius 3 is 2.56 bits per heavy atom. The van der Waals surface area contributed by atoms with Crippen LogP contribution in [0.5, 0.6) is 5.75 Å². The van der Waals surface area contributed by atoms with Crippen LogP contribution in [0.25, 0.3) is 0 Å². The largest absolute Gasteiger partial charge is 0.484 e. The topological polar surface area (TPSA) is 98.0 Å². The molecule has 8 heteroatoms. The molecule has 0 aliphatic heterocycles. The van der Waals surface area contributed by atoms with Crippen LogP contribution in [0, 0.1) is 5.41 Å². The highest BCUT2D eigenvalue weighted by Gasteiger charge is 2.24. The third-order valence-corrected chi connectivity index (χ3v) is 3.75. The van der Waals surface area contributed by atoms with Crippen molar-refractivity contribution in [1.29, 1.82) is 0 Å². The van der Waals surface area contributed by atoms with Gasteiger partial charge in [0.15, 0.2) is 12.6 Å². The lowest BCUT2D eigenvalue weighted by molar-refractivity contribution is -0.119. The van der Waals surface area contributed by atoms with Crippen LogP contribution in [0.4, 0.5) is 0 Å². The maximum Gasteiger partial charge on any atom is 0.255 e. The summed E-state index contributed by atoms with van der Waals surface area (Å²) < 4.78 is 10.9. The fraction of sp³-hybridized carbons (Fsp3) is 0.579. The molecule has 4 N–H and O–H groups in total. The molecule has 0 fully saturated rings. The van der Waals surface area contributed by atoms with Crippen molar-refractivity contribution in [3.05, 3.63) is 29.8 Å². The molecule has 0 saturated carbocycles. The van der Waals surface area contributed by atoms with E-state index in [9.17, 15) is 4.79 Å². The molecule has 27 heavy (non-hydrogen) atoms. The zero-order valence-corrected chi connectivity index (χ0v) is 19.2. The van der Waals surface area contributed by atoms with E-state index in [1.165, 1.54) is 0 Å². The summed E-state index contributed by atoms with van der Waals surface area (Å²) in [6.07, 6.45) is 0.0666. The van der Waals surface area contributed by atoms with Gasteiger partial charge in [0, 0.05) is 20.2 Å². The van der Waals surface area contributed by atoms with Gasteiger partial charge in [-0.05, 0) is 30.0 Å². The number of carbonyl (C=O) groups excluding carboxylic acids is 1. The van der Waals surface area contributed by atoms with E-state index < -0.39 is 5.91 Å². The smallest absolute Gasteiger partial charge is 0.255 e. The highest BCUT2D eigenvalue weighted by atomic mass is 127. The molecule has 154 valence electrons. The van der Waals surface area contributed by atoms with E-state index in [0.29, 0.717) is 18.8 Å². The number of halogens is 1. The molecule has 0 bridgehead atoms. The second-order valence-electron chi connectivity index (χ2n) is 7.07. The predicted molar refractivity (Wildman–Crippen MR) is 120 cm³/mol. The van der Waals surface area contributed by atoms with Crippen molar-refractivity contribution in [1.82, 2.24) is 10.6 Å². The second kappa shape index (κ2) is 12.8. The van der Waals surface area contributed by atoms with Crippen molar-refractivity contribution in [2.24, 2.45) is 16.1 Å². The number of amides is 1. The van der Waals surface area contributed by atoms with Gasteiger partial charge in [-0.1, -0.05) is 32.9 Å². The van der Waals surface area contributed by atoms with Crippen LogP contribution in [-0.4, -0.2) is 44.8 Å². The summed E-state index contributed by atoms with van der Waals surface area (Å²) in [6.45, 7) is 10.2. The van der Waals surface area contributed by atoms with Gasteiger partial charge in [-0.15, -0.1) is 24.0 Å². The Hall–Kier alpha value is -1.55. The van der Waals surface area contributed by atoms with Crippen LogP contribution in [0.1, 0.15) is 33.3 Å². The van der Waals surface area contributed by atoms with Crippen LogP contribution in [-0.2, 0) is 16.1 Å². The molecule has 1 amide bonds. The molecule has 0 saturated heterocycles. The van der Waals surface area contributed by atoms with Gasteiger partial charge in [-0.3, -0.25) is 4.79 Å². The van der Waals surface area contributed by atoms with Crippen LogP contribution >= 0.6 is 24.0 Å². The predicted octanol–water partition coefficient (Wildman–Crippen LogP) is 2.28. The minimum atomic E-state index is -0.501. The van der Waals surface area contributed by atoms with E-state index >= 15 is 0 Å². The van der Waals surface area contributed by atoms with Crippen molar-refractivity contribution >= 4 is 35.8 Å². The van der Waals surface area contributed by atoms with E-state index in [2.05, 4.69) is 36.4 Å². The first-order valence-corrected chi connectivity index (χ1v) is 8.81. The van der Waals surface area contributed by atoms with Gasteiger partial charge in [0.05, 0.1) is 12.6 Å². The highest BCUT2D eigenvalue weighted by Crippen LogP contribution is 2.21. The third kappa shape index (κ3) is 10.4. The minimum Gasteiger partial charge on any atom is -0.484 e. The molecule has 0 aliphatic carbocycles. The number of benzene rings is 1. The monoisotopic (exact) mass is 492 g/mol. The maximum atomic E-state index is 10.8. The van der Waals surface area contributed by atoms with Crippen molar-refractivity contribution < 1.29 is 14.3 Å². The summed E-state index contributed by atoms with van der Waals surface area (Å²) in [6, 6.07) is 7.45. The number of hydrogen-bond acceptors (Lipinski definition) is 4. The zero-order valence-electron chi connectivity index (χ0n) is 16.9. The minimum absolute atomic E-state index is 0. The van der Waals surface area contributed by atoms with E-state index in [1.807, 2.05) is 25.1 Å². The Balaban J connectivity index is 0.00000676. The fourth-order valence-electron chi connectivity index (χ4n) is 2.33. The number of aliphatic imine (C=N–C) groups is 1. The number of methoxy groups -OCH3 is 1. The average Bonchev–Trinajstić information content (AvgIpc) is 2.57. The van der Waals surface area contributed by atoms with Crippen LogP contribution in [0.3, 0.4) is 0 Å². The van der Waals surface area contributed by atoms with E-state index in [0.717, 1.165) is 18.1 Å². The molecule has 1 aromatic rings. The van der Waals surface area contributed by atoms with E-state index in [1.54, 1.807) is 13.2 Å². The molecule has 0 heterocycles. The van der Waals surface area contributed by atoms with Gasteiger partial charge in [0.2, 0.25) is 0 Å². The van der Waals surface area contributed by atoms with E-state index in [4.69, 9.17) is 15.2 Å². The number of nitrogens with zero attached hydrogens (tertiary/aromatic N) is 1. The first kappa shape index (κ1) is 25.4. The van der Waals surface area contributed by atoms with Gasteiger partial charge >= 0.3 is 0 Å². The van der Waals surface area contributed by atoms with Gasteiger partial charge in [0.1, 0.15) is 5.75 Å². The molecule has 0 spiro atoms. The Kier molecular flexibility index (Phi) is 12.0. The summed E-state index contributed by atoms with van der Waals surface area (Å²) >= 11 is 0. The molecule has 1 rings (SSSR count). The first-order chi connectivity index (χ1) is 12.3. The maximum absolute atomic E-state index is 10.8. The molecule has 1 unspecified atom stereocenters. The lowest BCUT2D eigenvalue weighted by Gasteiger charge is -2.30. The van der Waals surface area contributed by atoms with Gasteiger partial charge in [-0.25, -0.2) is 4.99 Å². The number of carbonyl (C=O) groups is 1. The molecule has 1 atom stereocenters. The normalized spacial score (nSPS) is 12.7. The zero-order chi connectivity index (χ0) is 19.6. The summed E-state index contributed by atoms with van der Waals surface area (Å²) in [7, 11) is 1.72. The van der Waals surface area contributed by atoms with Crippen molar-refractivity contribution in [3.63, 3.8) is 0 Å². The van der Waals surface area contributed by atoms with Crippen LogP contribution < -0.4 is 21.1 Å². The van der Waals surface area contributed by atoms with Gasteiger partial charge < -0.3 is 25.8 Å². The number of ether oxygens (including phenoxy) is 2. The van der Waals surface area contributed by atoms with E-state index in [-0.39, 0.29) is 42.1 Å². The Morgan fingerprint density at radius 1 is 1.30 bits per heavy atom. The van der Waals surface area contributed by atoms with Gasteiger partial charge in [-0.2, -0.15) is 0 Å². The number of rotatable bonds is 9. The standard InChI is InChI=1S/C19H32N4O3.HI/c1-6-21-18(23-12-16(25-5)19(2,3)4)22-11-14-8-7-9-15(10-14)26-13-17(20)24;/h7-10,16H,6,11-13H2,1-5H3,(H2,20,24)(H2,21,22,23);1H. The van der Waals surface area contributed by atoms with Gasteiger partial charge in [0.25, 0.3) is 5.91 Å². The number of nitrogens with two attached hydrogens (primary N) is 1.